The molecule has 3 rings (SSSR count). The van der Waals surface area contributed by atoms with Gasteiger partial charge in [-0.2, -0.15) is 4.68 Å². The fourth-order valence-corrected chi connectivity index (χ4v) is 3.39. The third-order valence-electron chi connectivity index (χ3n) is 2.88. The second kappa shape index (κ2) is 7.23. The van der Waals surface area contributed by atoms with Crippen LogP contribution in [0.15, 0.2) is 46.9 Å². The van der Waals surface area contributed by atoms with Gasteiger partial charge in [0.25, 0.3) is 0 Å². The lowest BCUT2D eigenvalue weighted by atomic mass is 10.3. The Morgan fingerprint density at radius 3 is 2.64 bits per heavy atom. The number of hydrogen-bond donors (Lipinski definition) is 0. The van der Waals surface area contributed by atoms with Crippen molar-refractivity contribution in [2.75, 3.05) is 5.75 Å². The van der Waals surface area contributed by atoms with Crippen LogP contribution in [0.2, 0.25) is 0 Å². The third kappa shape index (κ3) is 4.57. The second-order valence-corrected chi connectivity index (χ2v) is 6.49. The lowest BCUT2D eigenvalue weighted by Crippen LogP contribution is -2.17. The van der Waals surface area contributed by atoms with E-state index in [4.69, 9.17) is 0 Å². The summed E-state index contributed by atoms with van der Waals surface area (Å²) in [6, 6.07) is 8.63. The van der Waals surface area contributed by atoms with Gasteiger partial charge >= 0.3 is 6.36 Å². The van der Waals surface area contributed by atoms with Gasteiger partial charge in [0, 0.05) is 0 Å². The molecule has 0 saturated heterocycles. The molecule has 0 saturated carbocycles. The number of alkyl halides is 3. The van der Waals surface area contributed by atoms with E-state index < -0.39 is 6.36 Å². The van der Waals surface area contributed by atoms with E-state index in [0.717, 1.165) is 23.9 Å². The van der Waals surface area contributed by atoms with Gasteiger partial charge in [0.2, 0.25) is 5.16 Å². The number of carbonyl (C=O) groups is 1. The largest absolute Gasteiger partial charge is 0.573 e. The molecular weight excluding hydrogens is 377 g/mol. The molecule has 0 unspecified atom stereocenters. The number of hydrogen-bond acceptors (Lipinski definition) is 7. The van der Waals surface area contributed by atoms with Crippen LogP contribution in [0.25, 0.3) is 5.69 Å². The number of thioether (sulfide) groups is 1. The number of aromatic nitrogens is 4. The van der Waals surface area contributed by atoms with Gasteiger partial charge in [0.15, 0.2) is 5.78 Å². The summed E-state index contributed by atoms with van der Waals surface area (Å²) in [5.74, 6) is -0.245. The Hall–Kier alpha value is -2.40. The average molecular weight is 386 g/mol. The van der Waals surface area contributed by atoms with Crippen LogP contribution in [-0.2, 0) is 0 Å². The van der Waals surface area contributed by atoms with Gasteiger partial charge in [-0.05, 0) is 46.1 Å². The Labute approximate surface area is 147 Å². The highest BCUT2D eigenvalue weighted by atomic mass is 32.2. The maximum atomic E-state index is 12.2. The van der Waals surface area contributed by atoms with Crippen LogP contribution in [0.3, 0.4) is 0 Å². The number of halogens is 3. The van der Waals surface area contributed by atoms with E-state index in [1.165, 1.54) is 28.2 Å². The minimum absolute atomic E-state index is 0.0523. The lowest BCUT2D eigenvalue weighted by molar-refractivity contribution is -0.274. The van der Waals surface area contributed by atoms with Gasteiger partial charge in [-0.25, -0.2) is 0 Å². The highest BCUT2D eigenvalue weighted by Crippen LogP contribution is 2.25. The van der Waals surface area contributed by atoms with E-state index in [1.54, 1.807) is 12.1 Å². The first-order chi connectivity index (χ1) is 11.9. The number of thiophene rings is 1. The van der Waals surface area contributed by atoms with E-state index in [2.05, 4.69) is 20.3 Å². The number of rotatable bonds is 6. The Morgan fingerprint density at radius 1 is 1.24 bits per heavy atom. The quantitative estimate of drug-likeness (QED) is 0.476. The highest BCUT2D eigenvalue weighted by Gasteiger charge is 2.31. The molecule has 0 aliphatic heterocycles. The van der Waals surface area contributed by atoms with Gasteiger partial charge in [-0.3, -0.25) is 4.79 Å². The van der Waals surface area contributed by atoms with Gasteiger partial charge in [0.05, 0.1) is 16.3 Å². The maximum absolute atomic E-state index is 12.2. The van der Waals surface area contributed by atoms with Crippen LogP contribution in [0.4, 0.5) is 13.2 Å². The normalized spacial score (nSPS) is 11.5. The summed E-state index contributed by atoms with van der Waals surface area (Å²) in [6.07, 6.45) is -4.75. The van der Waals surface area contributed by atoms with Crippen molar-refractivity contribution in [1.29, 1.82) is 0 Å². The molecule has 0 atom stereocenters. The molecule has 0 amide bonds. The summed E-state index contributed by atoms with van der Waals surface area (Å²) in [5.41, 5.74) is 0.450. The van der Waals surface area contributed by atoms with Crippen molar-refractivity contribution in [2.24, 2.45) is 0 Å². The van der Waals surface area contributed by atoms with Crippen molar-refractivity contribution in [1.82, 2.24) is 20.2 Å². The number of ketones is 1. The van der Waals surface area contributed by atoms with Crippen molar-refractivity contribution < 1.29 is 22.7 Å². The van der Waals surface area contributed by atoms with Gasteiger partial charge in [0.1, 0.15) is 5.75 Å². The molecule has 1 aromatic carbocycles. The van der Waals surface area contributed by atoms with E-state index in [0.29, 0.717) is 15.7 Å². The Bertz CT molecular complexity index is 848. The molecule has 0 radical (unpaired) electrons. The predicted molar refractivity (Wildman–Crippen MR) is 85.2 cm³/mol. The number of ether oxygens (including phenoxy) is 1. The van der Waals surface area contributed by atoms with Crippen molar-refractivity contribution >= 4 is 28.9 Å². The van der Waals surface area contributed by atoms with Gasteiger partial charge < -0.3 is 4.74 Å². The van der Waals surface area contributed by atoms with Crippen LogP contribution >= 0.6 is 23.1 Å². The molecule has 2 aromatic heterocycles. The SMILES string of the molecule is O=C(CSc1nnnn1-c1ccc(OC(F)(F)F)cc1)c1cccs1. The van der Waals surface area contributed by atoms with Crippen LogP contribution in [0.5, 0.6) is 5.75 Å². The number of carbonyl (C=O) groups excluding carboxylic acids is 1. The van der Waals surface area contributed by atoms with Crippen LogP contribution in [0.1, 0.15) is 9.67 Å². The first-order valence-electron chi connectivity index (χ1n) is 6.76. The molecule has 0 bridgehead atoms. The molecule has 0 N–H and O–H groups in total. The fourth-order valence-electron chi connectivity index (χ4n) is 1.86. The molecular formula is C14H9F3N4O2S2. The summed E-state index contributed by atoms with van der Waals surface area (Å²) in [5, 5.41) is 13.3. The number of tetrazole rings is 1. The van der Waals surface area contributed by atoms with Crippen molar-refractivity contribution in [3.8, 4) is 11.4 Å². The summed E-state index contributed by atoms with van der Waals surface area (Å²) < 4.78 is 41.7. The van der Waals surface area contributed by atoms with E-state index >= 15 is 0 Å². The van der Waals surface area contributed by atoms with E-state index in [1.807, 2.05) is 5.38 Å². The fraction of sp³-hybridized carbons (Fsp3) is 0.143. The molecule has 11 heteroatoms. The van der Waals surface area contributed by atoms with Crippen LogP contribution in [-0.4, -0.2) is 38.1 Å². The topological polar surface area (TPSA) is 69.9 Å². The first-order valence-corrected chi connectivity index (χ1v) is 8.63. The molecule has 0 fully saturated rings. The molecule has 3 aromatic rings. The van der Waals surface area contributed by atoms with Crippen molar-refractivity contribution in [3.05, 3.63) is 46.7 Å². The zero-order chi connectivity index (χ0) is 17.9. The van der Waals surface area contributed by atoms with Crippen LogP contribution < -0.4 is 4.74 Å². The number of benzene rings is 1. The number of nitrogens with zero attached hydrogens (tertiary/aromatic N) is 4. The zero-order valence-corrected chi connectivity index (χ0v) is 13.9. The standard InChI is InChI=1S/C14H9F3N4O2S2/c15-14(16,17)23-10-5-3-9(4-6-10)21-13(18-19-20-21)25-8-11(22)12-2-1-7-24-12/h1-7H,8H2. The van der Waals surface area contributed by atoms with Crippen molar-refractivity contribution in [3.63, 3.8) is 0 Å². The zero-order valence-electron chi connectivity index (χ0n) is 12.3. The van der Waals surface area contributed by atoms with E-state index in [9.17, 15) is 18.0 Å². The Morgan fingerprint density at radius 2 is 2.00 bits per heavy atom. The minimum atomic E-state index is -4.75. The Kier molecular flexibility index (Phi) is 5.04. The Balaban J connectivity index is 1.70. The summed E-state index contributed by atoms with van der Waals surface area (Å²) in [4.78, 5) is 12.7. The molecule has 25 heavy (non-hydrogen) atoms. The summed E-state index contributed by atoms with van der Waals surface area (Å²) in [7, 11) is 0. The van der Waals surface area contributed by atoms with Gasteiger partial charge in [-0.1, -0.05) is 17.8 Å². The molecule has 0 spiro atoms. The minimum Gasteiger partial charge on any atom is -0.406 e. The van der Waals surface area contributed by atoms with Crippen molar-refractivity contribution in [2.45, 2.75) is 11.5 Å². The monoisotopic (exact) mass is 386 g/mol. The highest BCUT2D eigenvalue weighted by molar-refractivity contribution is 7.99. The van der Waals surface area contributed by atoms with Gasteiger partial charge in [-0.15, -0.1) is 29.6 Å². The molecule has 2 heterocycles. The predicted octanol–water partition coefficient (Wildman–Crippen LogP) is 3.60. The second-order valence-electron chi connectivity index (χ2n) is 4.60. The number of Topliss-reactive ketones (excluding diaryl/α,β-unsaturated/α-hetero) is 1. The lowest BCUT2D eigenvalue weighted by Gasteiger charge is -2.09. The smallest absolute Gasteiger partial charge is 0.406 e. The molecule has 6 nitrogen and oxygen atoms in total. The van der Waals surface area contributed by atoms with E-state index in [-0.39, 0.29) is 17.3 Å². The molecule has 130 valence electrons. The third-order valence-corrected chi connectivity index (χ3v) is 4.71. The summed E-state index contributed by atoms with van der Waals surface area (Å²) in [6.45, 7) is 0. The first kappa shape index (κ1) is 17.4. The molecule has 0 aliphatic rings. The maximum Gasteiger partial charge on any atom is 0.573 e. The van der Waals surface area contributed by atoms with Crippen LogP contribution in [0, 0.1) is 0 Å². The molecule has 0 aliphatic carbocycles. The summed E-state index contributed by atoms with van der Waals surface area (Å²) >= 11 is 2.49. The average Bonchev–Trinajstić information content (AvgIpc) is 3.23.